The number of pyridine rings is 1. The monoisotopic (exact) mass is 308 g/mol. The van der Waals surface area contributed by atoms with E-state index in [2.05, 4.69) is 44.3 Å². The van der Waals surface area contributed by atoms with Crippen LogP contribution in [0.25, 0.3) is 0 Å². The lowest BCUT2D eigenvalue weighted by Crippen LogP contribution is -2.15. The van der Waals surface area contributed by atoms with Gasteiger partial charge in [0, 0.05) is 32.5 Å². The summed E-state index contributed by atoms with van der Waals surface area (Å²) in [5.41, 5.74) is 3.47. The van der Waals surface area contributed by atoms with Crippen LogP contribution in [0, 0.1) is 0 Å². The van der Waals surface area contributed by atoms with E-state index in [1.165, 1.54) is 11.3 Å². The van der Waals surface area contributed by atoms with E-state index in [9.17, 15) is 0 Å². The van der Waals surface area contributed by atoms with Gasteiger partial charge in [-0.2, -0.15) is 5.10 Å². The Morgan fingerprint density at radius 1 is 1.39 bits per heavy atom. The number of hydrogen-bond acceptors (Lipinski definition) is 3. The van der Waals surface area contributed by atoms with E-state index < -0.39 is 0 Å². The summed E-state index contributed by atoms with van der Waals surface area (Å²) in [5, 5.41) is 7.88. The van der Waals surface area contributed by atoms with Gasteiger partial charge in [-0.1, -0.05) is 13.0 Å². The van der Waals surface area contributed by atoms with Crippen molar-refractivity contribution < 1.29 is 0 Å². The average molecular weight is 309 g/mol. The lowest BCUT2D eigenvalue weighted by molar-refractivity contribution is 0.621. The topological polar surface area (TPSA) is 42.7 Å². The highest BCUT2D eigenvalue weighted by molar-refractivity contribution is 9.10. The van der Waals surface area contributed by atoms with Crippen LogP contribution in [0.1, 0.15) is 23.9 Å². The van der Waals surface area contributed by atoms with Gasteiger partial charge in [-0.05, 0) is 34.0 Å². The molecular weight excluding hydrogens is 292 g/mol. The summed E-state index contributed by atoms with van der Waals surface area (Å²) < 4.78 is 3.05. The Balaban J connectivity index is 1.96. The Kier molecular flexibility index (Phi) is 4.49. The second-order valence-corrected chi connectivity index (χ2v) is 4.94. The van der Waals surface area contributed by atoms with Crippen molar-refractivity contribution in [2.24, 2.45) is 7.05 Å². The Bertz CT molecular complexity index is 507. The maximum absolute atomic E-state index is 4.47. The van der Waals surface area contributed by atoms with Crippen molar-refractivity contribution in [3.63, 3.8) is 0 Å². The number of nitrogens with zero attached hydrogens (tertiary/aromatic N) is 3. The largest absolute Gasteiger partial charge is 0.307 e. The van der Waals surface area contributed by atoms with Crippen LogP contribution in [0.3, 0.4) is 0 Å². The van der Waals surface area contributed by atoms with Crippen LogP contribution in [-0.4, -0.2) is 14.8 Å². The normalized spacial score (nSPS) is 10.8. The SMILES string of the molecule is CCc1nn(C)c(CNCc2cccnc2)c1Br. The molecule has 4 nitrogen and oxygen atoms in total. The Morgan fingerprint density at radius 3 is 2.83 bits per heavy atom. The Hall–Kier alpha value is -1.20. The van der Waals surface area contributed by atoms with Crippen LogP contribution >= 0.6 is 15.9 Å². The highest BCUT2D eigenvalue weighted by atomic mass is 79.9. The zero-order valence-electron chi connectivity index (χ0n) is 10.7. The maximum Gasteiger partial charge on any atom is 0.0767 e. The molecule has 0 aromatic carbocycles. The second kappa shape index (κ2) is 6.11. The molecule has 96 valence electrons. The molecule has 0 fully saturated rings. The number of aryl methyl sites for hydroxylation is 2. The Labute approximate surface area is 116 Å². The first-order valence-electron chi connectivity index (χ1n) is 6.02. The number of hydrogen-bond donors (Lipinski definition) is 1. The quantitative estimate of drug-likeness (QED) is 0.922. The first-order chi connectivity index (χ1) is 8.72. The molecule has 2 heterocycles. The molecule has 2 rings (SSSR count). The van der Waals surface area contributed by atoms with Crippen LogP contribution in [0.4, 0.5) is 0 Å². The van der Waals surface area contributed by atoms with Crippen molar-refractivity contribution in [2.45, 2.75) is 26.4 Å². The summed E-state index contributed by atoms with van der Waals surface area (Å²) in [6, 6.07) is 4.02. The smallest absolute Gasteiger partial charge is 0.0767 e. The molecule has 0 atom stereocenters. The molecule has 1 N–H and O–H groups in total. The molecule has 0 saturated carbocycles. The molecular formula is C13H17BrN4. The summed E-state index contributed by atoms with van der Waals surface area (Å²) >= 11 is 3.61. The van der Waals surface area contributed by atoms with Gasteiger partial charge in [0.25, 0.3) is 0 Å². The molecule has 0 aliphatic carbocycles. The summed E-state index contributed by atoms with van der Waals surface area (Å²) in [6.07, 6.45) is 4.61. The molecule has 0 spiro atoms. The van der Waals surface area contributed by atoms with E-state index in [4.69, 9.17) is 0 Å². The van der Waals surface area contributed by atoms with E-state index in [0.29, 0.717) is 0 Å². The standard InChI is InChI=1S/C13H17BrN4/c1-3-11-13(14)12(18(2)17-11)9-16-8-10-5-4-6-15-7-10/h4-7,16H,3,8-9H2,1-2H3. The van der Waals surface area contributed by atoms with Crippen molar-refractivity contribution in [2.75, 3.05) is 0 Å². The third-order valence-electron chi connectivity index (χ3n) is 2.85. The fourth-order valence-corrected chi connectivity index (χ4v) is 2.60. The number of nitrogens with one attached hydrogen (secondary N) is 1. The van der Waals surface area contributed by atoms with E-state index in [1.54, 1.807) is 6.20 Å². The molecule has 0 aliphatic rings. The zero-order valence-corrected chi connectivity index (χ0v) is 12.2. The minimum Gasteiger partial charge on any atom is -0.307 e. The van der Waals surface area contributed by atoms with Crippen LogP contribution in [0.2, 0.25) is 0 Å². The van der Waals surface area contributed by atoms with Gasteiger partial charge in [0.15, 0.2) is 0 Å². The van der Waals surface area contributed by atoms with Crippen molar-refractivity contribution in [3.8, 4) is 0 Å². The average Bonchev–Trinajstić information content (AvgIpc) is 2.67. The third-order valence-corrected chi connectivity index (χ3v) is 3.76. The maximum atomic E-state index is 4.47. The minimum atomic E-state index is 0.791. The fourth-order valence-electron chi connectivity index (χ4n) is 1.84. The molecule has 18 heavy (non-hydrogen) atoms. The predicted molar refractivity (Wildman–Crippen MR) is 75.1 cm³/mol. The second-order valence-electron chi connectivity index (χ2n) is 4.15. The minimum absolute atomic E-state index is 0.791. The van der Waals surface area contributed by atoms with Gasteiger partial charge in [-0.25, -0.2) is 0 Å². The first kappa shape index (κ1) is 13.2. The van der Waals surface area contributed by atoms with Crippen LogP contribution < -0.4 is 5.32 Å². The predicted octanol–water partition coefficient (Wildman–Crippen LogP) is 2.43. The van der Waals surface area contributed by atoms with Crippen molar-refractivity contribution in [1.29, 1.82) is 0 Å². The number of aromatic nitrogens is 3. The van der Waals surface area contributed by atoms with E-state index in [-0.39, 0.29) is 0 Å². The summed E-state index contributed by atoms with van der Waals surface area (Å²) in [6.45, 7) is 3.71. The van der Waals surface area contributed by atoms with Gasteiger partial charge < -0.3 is 5.32 Å². The summed E-state index contributed by atoms with van der Waals surface area (Å²) in [7, 11) is 1.98. The van der Waals surface area contributed by atoms with E-state index in [0.717, 1.165) is 29.7 Å². The van der Waals surface area contributed by atoms with Gasteiger partial charge in [-0.15, -0.1) is 0 Å². The molecule has 0 saturated heterocycles. The fraction of sp³-hybridized carbons (Fsp3) is 0.385. The molecule has 0 radical (unpaired) electrons. The Morgan fingerprint density at radius 2 is 2.22 bits per heavy atom. The summed E-state index contributed by atoms with van der Waals surface area (Å²) in [4.78, 5) is 4.10. The zero-order chi connectivity index (χ0) is 13.0. The van der Waals surface area contributed by atoms with Crippen LogP contribution in [0.15, 0.2) is 29.0 Å². The van der Waals surface area contributed by atoms with Gasteiger partial charge in [0.05, 0.1) is 15.9 Å². The lowest BCUT2D eigenvalue weighted by Gasteiger charge is -2.05. The van der Waals surface area contributed by atoms with Gasteiger partial charge in [0.2, 0.25) is 0 Å². The van der Waals surface area contributed by atoms with Gasteiger partial charge in [-0.3, -0.25) is 9.67 Å². The van der Waals surface area contributed by atoms with E-state index >= 15 is 0 Å². The number of rotatable bonds is 5. The molecule has 0 amide bonds. The van der Waals surface area contributed by atoms with Crippen molar-refractivity contribution >= 4 is 15.9 Å². The molecule has 0 aliphatic heterocycles. The van der Waals surface area contributed by atoms with Crippen molar-refractivity contribution in [3.05, 3.63) is 46.0 Å². The third kappa shape index (κ3) is 2.97. The van der Waals surface area contributed by atoms with Crippen LogP contribution in [-0.2, 0) is 26.6 Å². The van der Waals surface area contributed by atoms with Gasteiger partial charge in [0.1, 0.15) is 0 Å². The molecule has 0 unspecified atom stereocenters. The first-order valence-corrected chi connectivity index (χ1v) is 6.81. The highest BCUT2D eigenvalue weighted by Crippen LogP contribution is 2.21. The molecule has 5 heteroatoms. The van der Waals surface area contributed by atoms with Gasteiger partial charge >= 0.3 is 0 Å². The van der Waals surface area contributed by atoms with E-state index in [1.807, 2.05) is 24.0 Å². The van der Waals surface area contributed by atoms with Crippen LogP contribution in [0.5, 0.6) is 0 Å². The number of halogens is 1. The van der Waals surface area contributed by atoms with Crippen molar-refractivity contribution in [1.82, 2.24) is 20.1 Å². The molecule has 2 aromatic heterocycles. The summed E-state index contributed by atoms with van der Waals surface area (Å²) in [5.74, 6) is 0. The molecule has 0 bridgehead atoms. The highest BCUT2D eigenvalue weighted by Gasteiger charge is 2.11. The lowest BCUT2D eigenvalue weighted by atomic mass is 10.2. The molecule has 2 aromatic rings.